The fraction of sp³-hybridized carbons (Fsp3) is 0.167. The number of benzene rings is 2. The van der Waals surface area contributed by atoms with E-state index in [0.29, 0.717) is 11.6 Å². The SMILES string of the molecule is COc1ccc(-c2nnc(SC(C)C(=O)Nc3ccc([N+](=O)[O-])cc3)o2)cc1. The number of ether oxygens (including phenoxy) is 1. The van der Waals surface area contributed by atoms with Crippen LogP contribution >= 0.6 is 11.8 Å². The van der Waals surface area contributed by atoms with Crippen molar-refractivity contribution in [3.8, 4) is 17.2 Å². The first-order valence-corrected chi connectivity index (χ1v) is 9.04. The number of methoxy groups -OCH3 is 1. The van der Waals surface area contributed by atoms with Gasteiger partial charge in [0.2, 0.25) is 11.8 Å². The molecule has 1 aromatic heterocycles. The van der Waals surface area contributed by atoms with E-state index < -0.39 is 10.2 Å². The van der Waals surface area contributed by atoms with Crippen molar-refractivity contribution < 1.29 is 18.9 Å². The normalized spacial score (nSPS) is 11.6. The van der Waals surface area contributed by atoms with Crippen LogP contribution in [0.4, 0.5) is 11.4 Å². The number of nitrogens with zero attached hydrogens (tertiary/aromatic N) is 3. The molecule has 9 nitrogen and oxygen atoms in total. The molecule has 1 unspecified atom stereocenters. The number of nitro benzene ring substituents is 1. The topological polar surface area (TPSA) is 120 Å². The van der Waals surface area contributed by atoms with Gasteiger partial charge in [-0.15, -0.1) is 10.2 Å². The average Bonchev–Trinajstić information content (AvgIpc) is 3.17. The van der Waals surface area contributed by atoms with Crippen LogP contribution in [-0.4, -0.2) is 33.4 Å². The maximum Gasteiger partial charge on any atom is 0.277 e. The molecule has 10 heteroatoms. The Hall–Kier alpha value is -3.40. The number of hydrogen-bond donors (Lipinski definition) is 1. The number of anilines is 1. The predicted molar refractivity (Wildman–Crippen MR) is 103 cm³/mol. The number of nitrogens with one attached hydrogen (secondary N) is 1. The Bertz CT molecular complexity index is 972. The van der Waals surface area contributed by atoms with Crippen LogP contribution in [0.2, 0.25) is 0 Å². The van der Waals surface area contributed by atoms with Crippen LogP contribution in [0.3, 0.4) is 0 Å². The Balaban J connectivity index is 1.60. The zero-order chi connectivity index (χ0) is 20.1. The number of carbonyl (C=O) groups excluding carboxylic acids is 1. The van der Waals surface area contributed by atoms with Crippen LogP contribution in [0.25, 0.3) is 11.5 Å². The molecule has 0 aliphatic rings. The van der Waals surface area contributed by atoms with Gasteiger partial charge in [0.15, 0.2) is 0 Å². The van der Waals surface area contributed by atoms with Crippen molar-refractivity contribution >= 4 is 29.0 Å². The summed E-state index contributed by atoms with van der Waals surface area (Å²) >= 11 is 1.12. The van der Waals surface area contributed by atoms with Crippen LogP contribution in [0.5, 0.6) is 5.75 Å². The second-order valence-corrected chi connectivity index (χ2v) is 6.95. The minimum Gasteiger partial charge on any atom is -0.497 e. The molecule has 0 saturated carbocycles. The molecule has 144 valence electrons. The van der Waals surface area contributed by atoms with E-state index in [2.05, 4.69) is 15.5 Å². The van der Waals surface area contributed by atoms with E-state index in [0.717, 1.165) is 23.1 Å². The van der Waals surface area contributed by atoms with Gasteiger partial charge in [-0.25, -0.2) is 0 Å². The molecular formula is C18H16N4O5S. The molecule has 1 amide bonds. The summed E-state index contributed by atoms with van der Waals surface area (Å²) in [4.78, 5) is 22.5. The molecule has 2 aromatic carbocycles. The third kappa shape index (κ3) is 4.65. The highest BCUT2D eigenvalue weighted by Crippen LogP contribution is 2.27. The summed E-state index contributed by atoms with van der Waals surface area (Å²) in [6, 6.07) is 12.8. The Morgan fingerprint density at radius 3 is 2.46 bits per heavy atom. The Kier molecular flexibility index (Phi) is 5.90. The predicted octanol–water partition coefficient (Wildman–Crippen LogP) is 3.77. The molecule has 0 saturated heterocycles. The molecule has 1 heterocycles. The molecule has 1 N–H and O–H groups in total. The first kappa shape index (κ1) is 19.4. The summed E-state index contributed by atoms with van der Waals surface area (Å²) < 4.78 is 10.7. The summed E-state index contributed by atoms with van der Waals surface area (Å²) in [5, 5.41) is 21.1. The molecule has 3 aromatic rings. The van der Waals surface area contributed by atoms with Gasteiger partial charge in [0.1, 0.15) is 5.75 Å². The largest absolute Gasteiger partial charge is 0.497 e. The molecular weight excluding hydrogens is 384 g/mol. The van der Waals surface area contributed by atoms with Crippen molar-refractivity contribution in [3.05, 3.63) is 58.6 Å². The summed E-state index contributed by atoms with van der Waals surface area (Å²) in [5.74, 6) is 0.769. The van der Waals surface area contributed by atoms with Gasteiger partial charge in [0, 0.05) is 23.4 Å². The molecule has 28 heavy (non-hydrogen) atoms. The lowest BCUT2D eigenvalue weighted by Gasteiger charge is -2.09. The number of aromatic nitrogens is 2. The third-order valence-corrected chi connectivity index (χ3v) is 4.67. The number of hydrogen-bond acceptors (Lipinski definition) is 8. The van der Waals surface area contributed by atoms with E-state index in [-0.39, 0.29) is 16.8 Å². The quantitative estimate of drug-likeness (QED) is 0.361. The minimum absolute atomic E-state index is 0.0441. The van der Waals surface area contributed by atoms with Crippen molar-refractivity contribution in [1.29, 1.82) is 0 Å². The van der Waals surface area contributed by atoms with Crippen LogP contribution in [0.15, 0.2) is 58.2 Å². The third-order valence-electron chi connectivity index (χ3n) is 3.74. The van der Waals surface area contributed by atoms with E-state index in [1.807, 2.05) is 0 Å². The van der Waals surface area contributed by atoms with Gasteiger partial charge in [0.05, 0.1) is 17.3 Å². The lowest BCUT2D eigenvalue weighted by atomic mass is 10.2. The van der Waals surface area contributed by atoms with Gasteiger partial charge < -0.3 is 14.5 Å². The second-order valence-electron chi connectivity index (χ2n) is 5.65. The van der Waals surface area contributed by atoms with Gasteiger partial charge in [-0.1, -0.05) is 11.8 Å². The highest BCUT2D eigenvalue weighted by atomic mass is 32.2. The smallest absolute Gasteiger partial charge is 0.277 e. The van der Waals surface area contributed by atoms with Crippen molar-refractivity contribution in [2.75, 3.05) is 12.4 Å². The number of carbonyl (C=O) groups is 1. The zero-order valence-corrected chi connectivity index (χ0v) is 15.8. The molecule has 1 atom stereocenters. The Labute approximate surface area is 164 Å². The molecule has 0 spiro atoms. The standard InChI is InChI=1S/C18H16N4O5S/c1-11(16(23)19-13-5-7-14(8-6-13)22(24)25)28-18-21-20-17(27-18)12-3-9-15(26-2)10-4-12/h3-11H,1-2H3,(H,19,23). The molecule has 0 radical (unpaired) electrons. The highest BCUT2D eigenvalue weighted by Gasteiger charge is 2.19. The lowest BCUT2D eigenvalue weighted by Crippen LogP contribution is -2.22. The molecule has 3 rings (SSSR count). The number of amides is 1. The van der Waals surface area contributed by atoms with Gasteiger partial charge in [-0.3, -0.25) is 14.9 Å². The van der Waals surface area contributed by atoms with Gasteiger partial charge in [0.25, 0.3) is 10.9 Å². The van der Waals surface area contributed by atoms with Crippen molar-refractivity contribution in [2.24, 2.45) is 0 Å². The van der Waals surface area contributed by atoms with E-state index in [9.17, 15) is 14.9 Å². The lowest BCUT2D eigenvalue weighted by molar-refractivity contribution is -0.384. The Morgan fingerprint density at radius 2 is 1.86 bits per heavy atom. The fourth-order valence-corrected chi connectivity index (χ4v) is 2.91. The first-order chi connectivity index (χ1) is 13.5. The number of thioether (sulfide) groups is 1. The van der Waals surface area contributed by atoms with E-state index in [1.54, 1.807) is 38.3 Å². The summed E-state index contributed by atoms with van der Waals surface area (Å²) in [7, 11) is 1.58. The molecule has 0 aliphatic carbocycles. The number of nitro groups is 1. The highest BCUT2D eigenvalue weighted by molar-refractivity contribution is 8.00. The van der Waals surface area contributed by atoms with Gasteiger partial charge in [-0.05, 0) is 43.3 Å². The minimum atomic E-state index is -0.514. The average molecular weight is 400 g/mol. The van der Waals surface area contributed by atoms with Crippen LogP contribution in [0, 0.1) is 10.1 Å². The van der Waals surface area contributed by atoms with E-state index in [1.165, 1.54) is 24.3 Å². The monoisotopic (exact) mass is 400 g/mol. The maximum atomic E-state index is 12.3. The number of non-ortho nitro benzene ring substituents is 1. The van der Waals surface area contributed by atoms with Crippen molar-refractivity contribution in [2.45, 2.75) is 17.4 Å². The van der Waals surface area contributed by atoms with Crippen molar-refractivity contribution in [1.82, 2.24) is 10.2 Å². The zero-order valence-electron chi connectivity index (χ0n) is 15.0. The Morgan fingerprint density at radius 1 is 1.18 bits per heavy atom. The molecule has 0 aliphatic heterocycles. The number of rotatable bonds is 7. The van der Waals surface area contributed by atoms with E-state index in [4.69, 9.17) is 9.15 Å². The van der Waals surface area contributed by atoms with Gasteiger partial charge in [-0.2, -0.15) is 0 Å². The van der Waals surface area contributed by atoms with E-state index >= 15 is 0 Å². The van der Waals surface area contributed by atoms with Crippen molar-refractivity contribution in [3.63, 3.8) is 0 Å². The van der Waals surface area contributed by atoms with Gasteiger partial charge >= 0.3 is 0 Å². The summed E-state index contributed by atoms with van der Waals surface area (Å²) in [5.41, 5.74) is 1.16. The summed E-state index contributed by atoms with van der Waals surface area (Å²) in [6.45, 7) is 1.70. The summed E-state index contributed by atoms with van der Waals surface area (Å²) in [6.07, 6.45) is 0. The van der Waals surface area contributed by atoms with Crippen LogP contribution in [0.1, 0.15) is 6.92 Å². The van der Waals surface area contributed by atoms with Crippen LogP contribution in [-0.2, 0) is 4.79 Å². The second kappa shape index (κ2) is 8.53. The molecule has 0 fully saturated rings. The fourth-order valence-electron chi connectivity index (χ4n) is 2.22. The van der Waals surface area contributed by atoms with Crippen LogP contribution < -0.4 is 10.1 Å². The first-order valence-electron chi connectivity index (χ1n) is 8.16. The molecule has 0 bridgehead atoms. The maximum absolute atomic E-state index is 12.3.